The molecule has 0 aliphatic carbocycles. The Kier molecular flexibility index (Phi) is 4.03. The first-order chi connectivity index (χ1) is 10.2. The van der Waals surface area contributed by atoms with Crippen LogP contribution in [0.15, 0.2) is 11.4 Å². The van der Waals surface area contributed by atoms with Crippen molar-refractivity contribution in [3.63, 3.8) is 0 Å². The Morgan fingerprint density at radius 3 is 3.14 bits per heavy atom. The first kappa shape index (κ1) is 14.2. The van der Waals surface area contributed by atoms with Gasteiger partial charge in [-0.25, -0.2) is 9.97 Å². The van der Waals surface area contributed by atoms with Gasteiger partial charge in [0.15, 0.2) is 0 Å². The molecule has 1 atom stereocenters. The van der Waals surface area contributed by atoms with Gasteiger partial charge >= 0.3 is 0 Å². The van der Waals surface area contributed by atoms with E-state index in [2.05, 4.69) is 20.2 Å². The zero-order chi connectivity index (χ0) is 14.8. The van der Waals surface area contributed by atoms with Crippen LogP contribution in [0.25, 0.3) is 10.2 Å². The second-order valence-electron chi connectivity index (χ2n) is 5.26. The maximum absolute atomic E-state index is 11.6. The lowest BCUT2D eigenvalue weighted by Crippen LogP contribution is -2.47. The van der Waals surface area contributed by atoms with Crippen molar-refractivity contribution in [1.82, 2.24) is 14.9 Å². The molecule has 1 unspecified atom stereocenters. The van der Waals surface area contributed by atoms with E-state index < -0.39 is 0 Å². The molecule has 1 aliphatic rings. The standard InChI is InChI=1S/C14H19N5OS/c1-16-13-9-5-7-21-14(9)18-11(17-13)8-19-6-3-2-4-10(19)12(15)20/h5,7,10H,2-4,6,8H2,1H3,(H2,15,20)(H,16,17,18). The molecule has 7 heteroatoms. The highest BCUT2D eigenvalue weighted by atomic mass is 32.1. The van der Waals surface area contributed by atoms with Gasteiger partial charge < -0.3 is 11.1 Å². The molecule has 0 aromatic carbocycles. The molecule has 21 heavy (non-hydrogen) atoms. The molecule has 0 bridgehead atoms. The van der Waals surface area contributed by atoms with Gasteiger partial charge in [-0.15, -0.1) is 11.3 Å². The van der Waals surface area contributed by atoms with Crippen LogP contribution in [0.4, 0.5) is 5.82 Å². The Balaban J connectivity index is 1.88. The fourth-order valence-electron chi connectivity index (χ4n) is 2.84. The number of carbonyl (C=O) groups is 1. The molecule has 2 aromatic rings. The average molecular weight is 305 g/mol. The summed E-state index contributed by atoms with van der Waals surface area (Å²) in [5.74, 6) is 1.33. The lowest BCUT2D eigenvalue weighted by Gasteiger charge is -2.32. The number of likely N-dealkylation sites (tertiary alicyclic amines) is 1. The number of hydrogen-bond donors (Lipinski definition) is 2. The number of fused-ring (bicyclic) bond motifs is 1. The maximum Gasteiger partial charge on any atom is 0.234 e. The molecule has 2 aromatic heterocycles. The maximum atomic E-state index is 11.6. The van der Waals surface area contributed by atoms with Gasteiger partial charge in [-0.3, -0.25) is 9.69 Å². The van der Waals surface area contributed by atoms with Crippen LogP contribution >= 0.6 is 11.3 Å². The number of hydrogen-bond acceptors (Lipinski definition) is 6. The molecule has 1 amide bonds. The third-order valence-corrected chi connectivity index (χ3v) is 4.70. The summed E-state index contributed by atoms with van der Waals surface area (Å²) in [5, 5.41) is 6.16. The van der Waals surface area contributed by atoms with Crippen LogP contribution in [0.1, 0.15) is 25.1 Å². The lowest BCUT2D eigenvalue weighted by atomic mass is 10.0. The quantitative estimate of drug-likeness (QED) is 0.896. The summed E-state index contributed by atoms with van der Waals surface area (Å²) >= 11 is 1.60. The van der Waals surface area contributed by atoms with Crippen LogP contribution in [0.2, 0.25) is 0 Å². The number of nitrogens with one attached hydrogen (secondary N) is 1. The predicted octanol–water partition coefficient (Wildman–Crippen LogP) is 1.57. The van der Waals surface area contributed by atoms with Crippen LogP contribution in [0.3, 0.4) is 0 Å². The van der Waals surface area contributed by atoms with Crippen LogP contribution < -0.4 is 11.1 Å². The van der Waals surface area contributed by atoms with Gasteiger partial charge in [0.1, 0.15) is 16.5 Å². The number of rotatable bonds is 4. The fraction of sp³-hybridized carbons (Fsp3) is 0.500. The van der Waals surface area contributed by atoms with Crippen LogP contribution in [0.5, 0.6) is 0 Å². The van der Waals surface area contributed by atoms with E-state index in [0.29, 0.717) is 6.54 Å². The van der Waals surface area contributed by atoms with Gasteiger partial charge in [0.2, 0.25) is 5.91 Å². The number of aromatic nitrogens is 2. The summed E-state index contributed by atoms with van der Waals surface area (Å²) < 4.78 is 0. The number of primary amides is 1. The van der Waals surface area contributed by atoms with E-state index in [1.54, 1.807) is 11.3 Å². The zero-order valence-electron chi connectivity index (χ0n) is 12.0. The Morgan fingerprint density at radius 2 is 2.38 bits per heavy atom. The second kappa shape index (κ2) is 5.95. The van der Waals surface area contributed by atoms with Crippen molar-refractivity contribution >= 4 is 33.3 Å². The molecule has 3 N–H and O–H groups in total. The number of anilines is 1. The highest BCUT2D eigenvalue weighted by Crippen LogP contribution is 2.26. The number of nitrogens with zero attached hydrogens (tertiary/aromatic N) is 3. The van der Waals surface area contributed by atoms with Gasteiger partial charge in [-0.05, 0) is 30.8 Å². The summed E-state index contributed by atoms with van der Waals surface area (Å²) in [4.78, 5) is 23.8. The van der Waals surface area contributed by atoms with E-state index in [4.69, 9.17) is 5.73 Å². The van der Waals surface area contributed by atoms with E-state index in [1.165, 1.54) is 0 Å². The fourth-order valence-corrected chi connectivity index (χ4v) is 3.63. The largest absolute Gasteiger partial charge is 0.372 e. The van der Waals surface area contributed by atoms with Gasteiger partial charge in [-0.2, -0.15) is 0 Å². The summed E-state index contributed by atoms with van der Waals surface area (Å²) in [6.45, 7) is 1.43. The predicted molar refractivity (Wildman–Crippen MR) is 84.2 cm³/mol. The van der Waals surface area contributed by atoms with Crippen molar-refractivity contribution in [1.29, 1.82) is 0 Å². The second-order valence-corrected chi connectivity index (χ2v) is 6.16. The zero-order valence-corrected chi connectivity index (χ0v) is 12.8. The third-order valence-electron chi connectivity index (χ3n) is 3.89. The molecule has 3 heterocycles. The minimum Gasteiger partial charge on any atom is -0.372 e. The van der Waals surface area contributed by atoms with Crippen molar-refractivity contribution < 1.29 is 4.79 Å². The summed E-state index contributed by atoms with van der Waals surface area (Å²) in [6.07, 6.45) is 2.97. The minimum absolute atomic E-state index is 0.195. The molecule has 0 spiro atoms. The van der Waals surface area contributed by atoms with Gasteiger partial charge in [-0.1, -0.05) is 6.42 Å². The van der Waals surface area contributed by atoms with Gasteiger partial charge in [0.05, 0.1) is 18.0 Å². The molecule has 1 fully saturated rings. The summed E-state index contributed by atoms with van der Waals surface area (Å²) in [7, 11) is 1.86. The Labute approximate surface area is 127 Å². The molecular formula is C14H19N5OS. The SMILES string of the molecule is CNc1nc(CN2CCCCC2C(N)=O)nc2sccc12. The summed E-state index contributed by atoms with van der Waals surface area (Å²) in [6, 6.07) is 1.82. The number of amides is 1. The van der Waals surface area contributed by atoms with E-state index in [1.807, 2.05) is 18.5 Å². The van der Waals surface area contributed by atoms with Crippen molar-refractivity contribution in [2.75, 3.05) is 18.9 Å². The van der Waals surface area contributed by atoms with E-state index in [-0.39, 0.29) is 11.9 Å². The molecule has 1 saturated heterocycles. The molecule has 3 rings (SSSR count). The minimum atomic E-state index is -0.249. The average Bonchev–Trinajstić information content (AvgIpc) is 2.95. The number of piperidine rings is 1. The number of nitrogens with two attached hydrogens (primary N) is 1. The molecular weight excluding hydrogens is 286 g/mol. The van der Waals surface area contributed by atoms with E-state index in [9.17, 15) is 4.79 Å². The van der Waals surface area contributed by atoms with Gasteiger partial charge in [0.25, 0.3) is 0 Å². The highest BCUT2D eigenvalue weighted by Gasteiger charge is 2.27. The van der Waals surface area contributed by atoms with Crippen molar-refractivity contribution in [2.24, 2.45) is 5.73 Å². The van der Waals surface area contributed by atoms with Crippen LogP contribution in [-0.4, -0.2) is 40.4 Å². The molecule has 112 valence electrons. The molecule has 1 aliphatic heterocycles. The number of carbonyl (C=O) groups excluding carboxylic acids is 1. The Morgan fingerprint density at radius 1 is 1.52 bits per heavy atom. The van der Waals surface area contributed by atoms with E-state index in [0.717, 1.165) is 47.7 Å². The monoisotopic (exact) mass is 305 g/mol. The van der Waals surface area contributed by atoms with Crippen molar-refractivity contribution in [3.05, 3.63) is 17.3 Å². The topological polar surface area (TPSA) is 84.1 Å². The van der Waals surface area contributed by atoms with Gasteiger partial charge in [0, 0.05) is 7.05 Å². The number of thiophene rings is 1. The molecule has 0 radical (unpaired) electrons. The lowest BCUT2D eigenvalue weighted by molar-refractivity contribution is -0.124. The van der Waals surface area contributed by atoms with Crippen molar-refractivity contribution in [3.8, 4) is 0 Å². The Hall–Kier alpha value is -1.73. The molecule has 0 saturated carbocycles. The first-order valence-electron chi connectivity index (χ1n) is 7.14. The normalized spacial score (nSPS) is 19.8. The van der Waals surface area contributed by atoms with E-state index >= 15 is 0 Å². The Bertz CT molecular complexity index is 656. The molecule has 6 nitrogen and oxygen atoms in total. The van der Waals surface area contributed by atoms with Crippen molar-refractivity contribution in [2.45, 2.75) is 31.8 Å². The first-order valence-corrected chi connectivity index (χ1v) is 8.02. The smallest absolute Gasteiger partial charge is 0.234 e. The highest BCUT2D eigenvalue weighted by molar-refractivity contribution is 7.16. The van der Waals surface area contributed by atoms with Crippen LogP contribution in [0, 0.1) is 0 Å². The summed E-state index contributed by atoms with van der Waals surface area (Å²) in [5.41, 5.74) is 5.51. The van der Waals surface area contributed by atoms with Crippen LogP contribution in [-0.2, 0) is 11.3 Å². The third kappa shape index (κ3) is 2.84.